The zero-order chi connectivity index (χ0) is 5.33. The van der Waals surface area contributed by atoms with Crippen molar-refractivity contribution < 1.29 is 0 Å². The monoisotopic (exact) mass is 98.1 g/mol. The molecule has 1 aliphatic rings. The fraction of sp³-hybridized carbons (Fsp3) is 0.800. The van der Waals surface area contributed by atoms with E-state index < -0.39 is 0 Å². The molecular weight excluding hydrogens is 88.1 g/mol. The van der Waals surface area contributed by atoms with Gasteiger partial charge in [-0.25, -0.2) is 0 Å². The predicted molar refractivity (Wildman–Crippen MR) is 30.6 cm³/mol. The Morgan fingerprint density at radius 1 is 1.71 bits per heavy atom. The van der Waals surface area contributed by atoms with Crippen LogP contribution in [-0.4, -0.2) is 18.4 Å². The Balaban J connectivity index is 2.57. The van der Waals surface area contributed by atoms with Gasteiger partial charge in [0.15, 0.2) is 0 Å². The smallest absolute Gasteiger partial charge is 0.104 e. The zero-order valence-electron chi connectivity index (χ0n) is 4.73. The molecule has 0 aromatic heterocycles. The summed E-state index contributed by atoms with van der Waals surface area (Å²) in [6, 6.07) is 0. The van der Waals surface area contributed by atoms with Crippen molar-refractivity contribution in [2.75, 3.05) is 6.54 Å². The summed E-state index contributed by atoms with van der Waals surface area (Å²) < 4.78 is 0. The fourth-order valence-electron chi connectivity index (χ4n) is 0.615. The SMILES string of the molecule is CC1(C)N=CCN1. The summed E-state index contributed by atoms with van der Waals surface area (Å²) in [7, 11) is 0. The van der Waals surface area contributed by atoms with E-state index in [4.69, 9.17) is 0 Å². The lowest BCUT2D eigenvalue weighted by Crippen LogP contribution is -2.31. The van der Waals surface area contributed by atoms with Gasteiger partial charge < -0.3 is 0 Å². The normalized spacial score (nSPS) is 26.0. The number of nitrogens with one attached hydrogen (secondary N) is 1. The molecule has 0 fully saturated rings. The Hall–Kier alpha value is -0.370. The number of hydrogen-bond acceptors (Lipinski definition) is 2. The third kappa shape index (κ3) is 0.996. The summed E-state index contributed by atoms with van der Waals surface area (Å²) in [6.07, 6.45) is 1.90. The van der Waals surface area contributed by atoms with E-state index in [0.717, 1.165) is 6.54 Å². The van der Waals surface area contributed by atoms with Crippen molar-refractivity contribution in [3.05, 3.63) is 0 Å². The maximum Gasteiger partial charge on any atom is 0.104 e. The van der Waals surface area contributed by atoms with Crippen molar-refractivity contribution in [2.45, 2.75) is 19.5 Å². The van der Waals surface area contributed by atoms with Gasteiger partial charge in [-0.2, -0.15) is 0 Å². The van der Waals surface area contributed by atoms with Gasteiger partial charge in [0.1, 0.15) is 5.66 Å². The van der Waals surface area contributed by atoms with Crippen LogP contribution in [0.1, 0.15) is 13.8 Å². The highest BCUT2D eigenvalue weighted by Crippen LogP contribution is 2.04. The molecule has 0 saturated carbocycles. The van der Waals surface area contributed by atoms with Crippen molar-refractivity contribution in [3.63, 3.8) is 0 Å². The molecule has 0 spiro atoms. The Kier molecular flexibility index (Phi) is 0.889. The van der Waals surface area contributed by atoms with Crippen molar-refractivity contribution in [1.29, 1.82) is 0 Å². The van der Waals surface area contributed by atoms with Crippen LogP contribution in [0.25, 0.3) is 0 Å². The molecule has 1 rings (SSSR count). The summed E-state index contributed by atoms with van der Waals surface area (Å²) in [4.78, 5) is 4.13. The lowest BCUT2D eigenvalue weighted by atomic mass is 10.3. The van der Waals surface area contributed by atoms with Crippen LogP contribution < -0.4 is 5.32 Å². The van der Waals surface area contributed by atoms with Crippen LogP contribution in [0.5, 0.6) is 0 Å². The van der Waals surface area contributed by atoms with E-state index in [0.29, 0.717) is 0 Å². The third-order valence-electron chi connectivity index (χ3n) is 1.04. The van der Waals surface area contributed by atoms with Gasteiger partial charge in [0, 0.05) is 12.8 Å². The van der Waals surface area contributed by atoms with Crippen LogP contribution in [0.4, 0.5) is 0 Å². The molecule has 0 radical (unpaired) electrons. The molecule has 0 atom stereocenters. The molecule has 0 unspecified atom stereocenters. The zero-order valence-corrected chi connectivity index (χ0v) is 4.73. The molecule has 2 heteroatoms. The van der Waals surface area contributed by atoms with Crippen molar-refractivity contribution in [3.8, 4) is 0 Å². The second-order valence-electron chi connectivity index (χ2n) is 2.25. The molecule has 7 heavy (non-hydrogen) atoms. The maximum atomic E-state index is 4.13. The van der Waals surface area contributed by atoms with Gasteiger partial charge in [-0.15, -0.1) is 0 Å². The summed E-state index contributed by atoms with van der Waals surface area (Å²) >= 11 is 0. The van der Waals surface area contributed by atoms with Gasteiger partial charge in [0.2, 0.25) is 0 Å². The van der Waals surface area contributed by atoms with E-state index in [1.165, 1.54) is 0 Å². The lowest BCUT2D eigenvalue weighted by molar-refractivity contribution is 0.462. The van der Waals surface area contributed by atoms with Crippen molar-refractivity contribution in [2.24, 2.45) is 4.99 Å². The standard InChI is InChI=1S/C5H10N2/c1-5(2)6-3-4-7-5/h3,7H,4H2,1-2H3. The summed E-state index contributed by atoms with van der Waals surface area (Å²) in [5.41, 5.74) is 0.0139. The number of nitrogens with zero attached hydrogens (tertiary/aromatic N) is 1. The molecule has 1 N–H and O–H groups in total. The Bertz CT molecular complexity index is 94.3. The number of rotatable bonds is 0. The molecule has 0 bridgehead atoms. The molecule has 1 aliphatic heterocycles. The van der Waals surface area contributed by atoms with Gasteiger partial charge in [-0.3, -0.25) is 10.3 Å². The van der Waals surface area contributed by atoms with Gasteiger partial charge in [0.05, 0.1) is 0 Å². The Morgan fingerprint density at radius 3 is 2.57 bits per heavy atom. The average molecular weight is 98.1 g/mol. The molecular formula is C5H10N2. The van der Waals surface area contributed by atoms with Gasteiger partial charge in [0.25, 0.3) is 0 Å². The van der Waals surface area contributed by atoms with Crippen LogP contribution in [0.3, 0.4) is 0 Å². The molecule has 1 heterocycles. The Morgan fingerprint density at radius 2 is 2.43 bits per heavy atom. The molecule has 2 nitrogen and oxygen atoms in total. The van der Waals surface area contributed by atoms with Crippen molar-refractivity contribution >= 4 is 6.21 Å². The minimum absolute atomic E-state index is 0.0139. The lowest BCUT2D eigenvalue weighted by Gasteiger charge is -2.12. The second kappa shape index (κ2) is 1.30. The highest BCUT2D eigenvalue weighted by Gasteiger charge is 2.16. The first kappa shape index (κ1) is 4.78. The molecule has 40 valence electrons. The average Bonchev–Trinajstić information content (AvgIpc) is 1.84. The molecule has 0 aliphatic carbocycles. The second-order valence-corrected chi connectivity index (χ2v) is 2.25. The molecule has 0 saturated heterocycles. The van der Waals surface area contributed by atoms with Crippen LogP contribution in [0.15, 0.2) is 4.99 Å². The van der Waals surface area contributed by atoms with Crippen molar-refractivity contribution in [1.82, 2.24) is 5.32 Å². The predicted octanol–water partition coefficient (Wildman–Crippen LogP) is 0.397. The van der Waals surface area contributed by atoms with Crippen LogP contribution in [0.2, 0.25) is 0 Å². The summed E-state index contributed by atoms with van der Waals surface area (Å²) in [5, 5.41) is 3.17. The Labute approximate surface area is 43.6 Å². The largest absolute Gasteiger partial charge is 0.289 e. The molecule has 0 aromatic carbocycles. The van der Waals surface area contributed by atoms with E-state index in [1.807, 2.05) is 6.21 Å². The van der Waals surface area contributed by atoms with Crippen LogP contribution in [0, 0.1) is 0 Å². The maximum absolute atomic E-state index is 4.13. The molecule has 0 amide bonds. The topological polar surface area (TPSA) is 24.4 Å². The highest BCUT2D eigenvalue weighted by molar-refractivity contribution is 5.62. The van der Waals surface area contributed by atoms with Gasteiger partial charge in [-0.1, -0.05) is 0 Å². The van der Waals surface area contributed by atoms with E-state index in [9.17, 15) is 0 Å². The minimum Gasteiger partial charge on any atom is -0.289 e. The first-order valence-electron chi connectivity index (χ1n) is 2.49. The van der Waals surface area contributed by atoms with Crippen LogP contribution in [-0.2, 0) is 0 Å². The van der Waals surface area contributed by atoms with Gasteiger partial charge >= 0.3 is 0 Å². The number of hydrogen-bond donors (Lipinski definition) is 1. The molecule has 0 aromatic rings. The third-order valence-corrected chi connectivity index (χ3v) is 1.04. The summed E-state index contributed by atoms with van der Waals surface area (Å²) in [6.45, 7) is 5.03. The summed E-state index contributed by atoms with van der Waals surface area (Å²) in [5.74, 6) is 0. The first-order chi connectivity index (χ1) is 3.21. The van der Waals surface area contributed by atoms with E-state index in [1.54, 1.807) is 0 Å². The minimum atomic E-state index is 0.0139. The fourth-order valence-corrected chi connectivity index (χ4v) is 0.615. The van der Waals surface area contributed by atoms with E-state index >= 15 is 0 Å². The van der Waals surface area contributed by atoms with E-state index in [2.05, 4.69) is 24.2 Å². The van der Waals surface area contributed by atoms with Gasteiger partial charge in [-0.05, 0) is 13.8 Å². The first-order valence-corrected chi connectivity index (χ1v) is 2.49. The number of aliphatic imine (C=N–C) groups is 1. The van der Waals surface area contributed by atoms with E-state index in [-0.39, 0.29) is 5.66 Å². The quantitative estimate of drug-likeness (QED) is 0.466. The highest BCUT2D eigenvalue weighted by atomic mass is 15.2. The van der Waals surface area contributed by atoms with Crippen LogP contribution >= 0.6 is 0 Å².